The zero-order valence-electron chi connectivity index (χ0n) is 11.2. The first-order chi connectivity index (χ1) is 9.15. The molecule has 102 valence electrons. The molecule has 2 rings (SSSR count). The second-order valence-electron chi connectivity index (χ2n) is 4.33. The minimum Gasteiger partial charge on any atom is -0.494 e. The fourth-order valence-corrected chi connectivity index (χ4v) is 2.16. The molecule has 1 heterocycles. The van der Waals surface area contributed by atoms with Gasteiger partial charge < -0.3 is 14.4 Å². The zero-order chi connectivity index (χ0) is 13.8. The monoisotopic (exact) mass is 262 g/mol. The number of nitrogens with zero attached hydrogens (tertiary/aromatic N) is 2. The van der Waals surface area contributed by atoms with Gasteiger partial charge in [0.05, 0.1) is 17.6 Å². The van der Waals surface area contributed by atoms with Crippen LogP contribution in [-0.4, -0.2) is 27.2 Å². The van der Waals surface area contributed by atoms with Crippen LogP contribution in [0.5, 0.6) is 5.75 Å². The first-order valence-electron chi connectivity index (χ1n) is 6.49. The molecular formula is C14H18N2O3. The predicted octanol–water partition coefficient (Wildman–Crippen LogP) is 2.47. The maximum atomic E-state index is 10.9. The van der Waals surface area contributed by atoms with Gasteiger partial charge in [-0.3, -0.25) is 4.79 Å². The summed E-state index contributed by atoms with van der Waals surface area (Å²) in [6, 6.07) is 5.69. The van der Waals surface area contributed by atoms with E-state index in [0.29, 0.717) is 12.4 Å². The van der Waals surface area contributed by atoms with Crippen LogP contribution in [0, 0.1) is 0 Å². The van der Waals surface area contributed by atoms with Gasteiger partial charge in [-0.25, -0.2) is 4.98 Å². The molecule has 1 aromatic carbocycles. The number of aryl methyl sites for hydroxylation is 1. The average molecular weight is 262 g/mol. The molecule has 1 aromatic heterocycles. The Bertz CT molecular complexity index is 590. The molecule has 0 unspecified atom stereocenters. The van der Waals surface area contributed by atoms with Crippen molar-refractivity contribution in [1.29, 1.82) is 0 Å². The van der Waals surface area contributed by atoms with E-state index >= 15 is 0 Å². The van der Waals surface area contributed by atoms with E-state index in [0.717, 1.165) is 29.7 Å². The lowest BCUT2D eigenvalue weighted by atomic mass is 10.3. The third-order valence-corrected chi connectivity index (χ3v) is 2.87. The molecule has 0 fully saturated rings. The second kappa shape index (κ2) is 5.73. The van der Waals surface area contributed by atoms with Crippen molar-refractivity contribution in [3.8, 4) is 5.75 Å². The summed E-state index contributed by atoms with van der Waals surface area (Å²) in [4.78, 5) is 15.3. The van der Waals surface area contributed by atoms with Gasteiger partial charge in [-0.15, -0.1) is 0 Å². The molecule has 1 N–H and O–H groups in total. The highest BCUT2D eigenvalue weighted by molar-refractivity contribution is 5.79. The maximum absolute atomic E-state index is 10.9. The maximum Gasteiger partial charge on any atom is 0.311 e. The lowest BCUT2D eigenvalue weighted by Gasteiger charge is -2.06. The normalized spacial score (nSPS) is 10.8. The van der Waals surface area contributed by atoms with E-state index in [9.17, 15) is 4.79 Å². The van der Waals surface area contributed by atoms with Crippen molar-refractivity contribution >= 4 is 17.0 Å². The number of imidazole rings is 1. The minimum absolute atomic E-state index is 0.0569. The Morgan fingerprint density at radius 3 is 2.84 bits per heavy atom. The van der Waals surface area contributed by atoms with Crippen LogP contribution >= 0.6 is 0 Å². The quantitative estimate of drug-likeness (QED) is 0.868. The van der Waals surface area contributed by atoms with E-state index in [1.54, 1.807) is 0 Å². The number of benzene rings is 1. The molecule has 5 heteroatoms. The molecule has 0 spiro atoms. The van der Waals surface area contributed by atoms with Crippen molar-refractivity contribution < 1.29 is 14.6 Å². The lowest BCUT2D eigenvalue weighted by Crippen LogP contribution is -2.09. The van der Waals surface area contributed by atoms with Crippen LogP contribution in [0.3, 0.4) is 0 Å². The third kappa shape index (κ3) is 2.86. The molecule has 0 saturated heterocycles. The van der Waals surface area contributed by atoms with Gasteiger partial charge in [0.1, 0.15) is 18.0 Å². The van der Waals surface area contributed by atoms with Gasteiger partial charge in [-0.05, 0) is 25.5 Å². The van der Waals surface area contributed by atoms with Crippen molar-refractivity contribution in [2.24, 2.45) is 0 Å². The molecule has 0 aliphatic heterocycles. The number of ether oxygens (including phenoxy) is 1. The number of carboxylic acid groups (broad SMARTS) is 1. The van der Waals surface area contributed by atoms with Gasteiger partial charge >= 0.3 is 5.97 Å². The average Bonchev–Trinajstić information content (AvgIpc) is 2.67. The lowest BCUT2D eigenvalue weighted by molar-refractivity contribution is -0.136. The van der Waals surface area contributed by atoms with Gasteiger partial charge in [0.25, 0.3) is 0 Å². The first kappa shape index (κ1) is 13.4. The molecule has 5 nitrogen and oxygen atoms in total. The standard InChI is InChI=1S/C14H18N2O3/c1-3-7-16-12-6-5-10(19-4-2)8-11(12)15-13(16)9-14(17)18/h5-6,8H,3-4,7,9H2,1-2H3,(H,17,18). The number of hydrogen-bond donors (Lipinski definition) is 1. The largest absolute Gasteiger partial charge is 0.494 e. The Morgan fingerprint density at radius 1 is 1.42 bits per heavy atom. The topological polar surface area (TPSA) is 64.4 Å². The molecule has 0 aliphatic carbocycles. The van der Waals surface area contributed by atoms with Gasteiger partial charge in [0.2, 0.25) is 0 Å². The first-order valence-corrected chi connectivity index (χ1v) is 6.49. The molecule has 0 amide bonds. The van der Waals surface area contributed by atoms with E-state index in [4.69, 9.17) is 9.84 Å². The van der Waals surface area contributed by atoms with Crippen LogP contribution in [0.2, 0.25) is 0 Å². The van der Waals surface area contributed by atoms with Gasteiger partial charge in [0.15, 0.2) is 0 Å². The summed E-state index contributed by atoms with van der Waals surface area (Å²) in [7, 11) is 0. The summed E-state index contributed by atoms with van der Waals surface area (Å²) < 4.78 is 7.41. The van der Waals surface area contributed by atoms with Crippen molar-refractivity contribution in [2.45, 2.75) is 33.2 Å². The molecule has 0 saturated carbocycles. The Morgan fingerprint density at radius 2 is 2.21 bits per heavy atom. The summed E-state index contributed by atoms with van der Waals surface area (Å²) in [5, 5.41) is 8.95. The number of carbonyl (C=O) groups is 1. The Hall–Kier alpha value is -2.04. The highest BCUT2D eigenvalue weighted by atomic mass is 16.5. The van der Waals surface area contributed by atoms with Crippen LogP contribution < -0.4 is 4.74 Å². The van der Waals surface area contributed by atoms with E-state index in [2.05, 4.69) is 11.9 Å². The van der Waals surface area contributed by atoms with Crippen LogP contribution in [0.15, 0.2) is 18.2 Å². The van der Waals surface area contributed by atoms with Crippen LogP contribution in [0.4, 0.5) is 0 Å². The summed E-state index contributed by atoms with van der Waals surface area (Å²) in [5.41, 5.74) is 1.75. The molecule has 2 aromatic rings. The fraction of sp³-hybridized carbons (Fsp3) is 0.429. The summed E-state index contributed by atoms with van der Waals surface area (Å²) in [6.07, 6.45) is 0.879. The van der Waals surface area contributed by atoms with E-state index in [1.165, 1.54) is 0 Å². The Labute approximate surface area is 111 Å². The minimum atomic E-state index is -0.863. The molecule has 0 aliphatic rings. The molecule has 19 heavy (non-hydrogen) atoms. The number of rotatable bonds is 6. The number of aromatic nitrogens is 2. The smallest absolute Gasteiger partial charge is 0.311 e. The number of fused-ring (bicyclic) bond motifs is 1. The van der Waals surface area contributed by atoms with Gasteiger partial charge in [-0.2, -0.15) is 0 Å². The number of hydrogen-bond acceptors (Lipinski definition) is 3. The van der Waals surface area contributed by atoms with Crippen molar-refractivity contribution in [3.63, 3.8) is 0 Å². The summed E-state index contributed by atoms with van der Waals surface area (Å²) >= 11 is 0. The third-order valence-electron chi connectivity index (χ3n) is 2.87. The van der Waals surface area contributed by atoms with E-state index in [-0.39, 0.29) is 6.42 Å². The van der Waals surface area contributed by atoms with E-state index < -0.39 is 5.97 Å². The Kier molecular flexibility index (Phi) is 4.04. The molecule has 0 bridgehead atoms. The molecule has 0 radical (unpaired) electrons. The van der Waals surface area contributed by atoms with E-state index in [1.807, 2.05) is 29.7 Å². The van der Waals surface area contributed by atoms with Crippen molar-refractivity contribution in [1.82, 2.24) is 9.55 Å². The van der Waals surface area contributed by atoms with Gasteiger partial charge in [0, 0.05) is 12.6 Å². The number of carboxylic acids is 1. The van der Waals surface area contributed by atoms with Gasteiger partial charge in [-0.1, -0.05) is 6.92 Å². The van der Waals surface area contributed by atoms with Crippen molar-refractivity contribution in [2.75, 3.05) is 6.61 Å². The fourth-order valence-electron chi connectivity index (χ4n) is 2.16. The highest BCUT2D eigenvalue weighted by Crippen LogP contribution is 2.22. The van der Waals surface area contributed by atoms with Crippen LogP contribution in [0.25, 0.3) is 11.0 Å². The highest BCUT2D eigenvalue weighted by Gasteiger charge is 2.13. The zero-order valence-corrected chi connectivity index (χ0v) is 11.2. The van der Waals surface area contributed by atoms with Crippen LogP contribution in [0.1, 0.15) is 26.1 Å². The molecule has 0 atom stereocenters. The van der Waals surface area contributed by atoms with Crippen molar-refractivity contribution in [3.05, 3.63) is 24.0 Å². The SMILES string of the molecule is CCCn1c(CC(=O)O)nc2cc(OCC)ccc21. The Balaban J connectivity index is 2.48. The summed E-state index contributed by atoms with van der Waals surface area (Å²) in [5.74, 6) is 0.494. The second-order valence-corrected chi connectivity index (χ2v) is 4.33. The predicted molar refractivity (Wildman–Crippen MR) is 72.5 cm³/mol. The summed E-state index contributed by atoms with van der Waals surface area (Å²) in [6.45, 7) is 5.36. The number of aliphatic carboxylic acids is 1. The molecular weight excluding hydrogens is 244 g/mol. The van der Waals surface area contributed by atoms with Crippen LogP contribution in [-0.2, 0) is 17.8 Å².